The van der Waals surface area contributed by atoms with E-state index in [-0.39, 0.29) is 16.5 Å². The third-order valence-corrected chi connectivity index (χ3v) is 5.43. The maximum Gasteiger partial charge on any atom is 0.258 e. The Morgan fingerprint density at radius 2 is 1.70 bits per heavy atom. The van der Waals surface area contributed by atoms with Crippen LogP contribution in [0.15, 0.2) is 18.2 Å². The topological polar surface area (TPSA) is 23.6 Å². The van der Waals surface area contributed by atoms with Crippen LogP contribution >= 0.6 is 11.6 Å². The van der Waals surface area contributed by atoms with E-state index in [1.165, 1.54) is 50.7 Å². The summed E-state index contributed by atoms with van der Waals surface area (Å²) in [5.74, 6) is -0.817. The number of piperazine rings is 1. The molecule has 0 aromatic heterocycles. The normalized spacial score (nSPS) is 21.2. The molecule has 1 saturated carbocycles. The second kappa shape index (κ2) is 7.63. The average molecular weight is 339 g/mol. The molecule has 1 aliphatic carbocycles. The number of rotatable bonds is 2. The van der Waals surface area contributed by atoms with Gasteiger partial charge in [-0.05, 0) is 25.0 Å². The summed E-state index contributed by atoms with van der Waals surface area (Å²) in [6.45, 7) is 3.06. The van der Waals surface area contributed by atoms with Gasteiger partial charge in [0.2, 0.25) is 0 Å². The van der Waals surface area contributed by atoms with Crippen LogP contribution in [0, 0.1) is 5.82 Å². The molecule has 0 spiro atoms. The van der Waals surface area contributed by atoms with Gasteiger partial charge in [0.1, 0.15) is 5.82 Å². The van der Waals surface area contributed by atoms with E-state index in [1.54, 1.807) is 11.0 Å². The van der Waals surface area contributed by atoms with Gasteiger partial charge < -0.3 is 4.90 Å². The van der Waals surface area contributed by atoms with E-state index in [2.05, 4.69) is 4.90 Å². The first-order valence-corrected chi connectivity index (χ1v) is 9.02. The van der Waals surface area contributed by atoms with Crippen LogP contribution in [-0.4, -0.2) is 47.9 Å². The number of nitrogens with zero attached hydrogens (tertiary/aromatic N) is 2. The summed E-state index contributed by atoms with van der Waals surface area (Å²) < 4.78 is 13.9. The van der Waals surface area contributed by atoms with Crippen LogP contribution in [-0.2, 0) is 0 Å². The van der Waals surface area contributed by atoms with E-state index in [0.717, 1.165) is 13.1 Å². The number of halogens is 2. The summed E-state index contributed by atoms with van der Waals surface area (Å²) >= 11 is 6.01. The highest BCUT2D eigenvalue weighted by Gasteiger charge is 2.28. The molecule has 1 amide bonds. The van der Waals surface area contributed by atoms with E-state index in [0.29, 0.717) is 19.1 Å². The maximum atomic E-state index is 13.9. The molecule has 1 aromatic carbocycles. The van der Waals surface area contributed by atoms with E-state index in [9.17, 15) is 9.18 Å². The molecular weight excluding hydrogens is 315 g/mol. The molecule has 0 atom stereocenters. The molecule has 2 fully saturated rings. The molecule has 3 nitrogen and oxygen atoms in total. The predicted molar refractivity (Wildman–Crippen MR) is 90.4 cm³/mol. The highest BCUT2D eigenvalue weighted by atomic mass is 35.5. The second-order valence-electron chi connectivity index (χ2n) is 6.57. The molecule has 3 rings (SSSR count). The molecule has 0 bridgehead atoms. The van der Waals surface area contributed by atoms with Crippen molar-refractivity contribution in [1.29, 1.82) is 0 Å². The quantitative estimate of drug-likeness (QED) is 0.762. The van der Waals surface area contributed by atoms with Crippen LogP contribution in [0.2, 0.25) is 5.02 Å². The molecule has 1 aliphatic heterocycles. The standard InChI is InChI=1S/C18H24ClFN2O/c19-15-8-5-9-16(20)17(15)18(23)22-12-10-21(11-13-22)14-6-3-1-2-4-7-14/h5,8-9,14H,1-4,6-7,10-13H2. The number of hydrogen-bond donors (Lipinski definition) is 0. The summed E-state index contributed by atoms with van der Waals surface area (Å²) in [5.41, 5.74) is 0.0112. The minimum absolute atomic E-state index is 0.0112. The lowest BCUT2D eigenvalue weighted by molar-refractivity contribution is 0.0547. The van der Waals surface area contributed by atoms with E-state index >= 15 is 0 Å². The van der Waals surface area contributed by atoms with Crippen molar-refractivity contribution in [1.82, 2.24) is 9.80 Å². The Balaban J connectivity index is 1.61. The van der Waals surface area contributed by atoms with Crippen molar-refractivity contribution in [3.8, 4) is 0 Å². The summed E-state index contributed by atoms with van der Waals surface area (Å²) in [6, 6.07) is 5.05. The lowest BCUT2D eigenvalue weighted by atomic mass is 10.1. The van der Waals surface area contributed by atoms with E-state index in [4.69, 9.17) is 11.6 Å². The van der Waals surface area contributed by atoms with Gasteiger partial charge in [0, 0.05) is 32.2 Å². The van der Waals surface area contributed by atoms with Gasteiger partial charge in [-0.1, -0.05) is 43.4 Å². The van der Waals surface area contributed by atoms with Gasteiger partial charge in [0.15, 0.2) is 0 Å². The molecule has 2 aliphatic rings. The zero-order valence-corrected chi connectivity index (χ0v) is 14.2. The van der Waals surface area contributed by atoms with Gasteiger partial charge in [-0.15, -0.1) is 0 Å². The van der Waals surface area contributed by atoms with Crippen molar-refractivity contribution >= 4 is 17.5 Å². The van der Waals surface area contributed by atoms with Gasteiger partial charge in [-0.25, -0.2) is 4.39 Å². The Labute approximate surface area is 142 Å². The van der Waals surface area contributed by atoms with Crippen molar-refractivity contribution in [3.63, 3.8) is 0 Å². The molecule has 23 heavy (non-hydrogen) atoms. The van der Waals surface area contributed by atoms with Crippen molar-refractivity contribution in [2.45, 2.75) is 44.6 Å². The third-order valence-electron chi connectivity index (χ3n) is 5.12. The summed E-state index contributed by atoms with van der Waals surface area (Å²) in [4.78, 5) is 16.8. The van der Waals surface area contributed by atoms with Crippen LogP contribution in [0.25, 0.3) is 0 Å². The van der Waals surface area contributed by atoms with Gasteiger partial charge >= 0.3 is 0 Å². The molecule has 1 saturated heterocycles. The number of carbonyl (C=O) groups excluding carboxylic acids is 1. The molecule has 0 unspecified atom stereocenters. The third kappa shape index (κ3) is 3.86. The fourth-order valence-corrected chi connectivity index (χ4v) is 4.02. The second-order valence-corrected chi connectivity index (χ2v) is 6.98. The number of carbonyl (C=O) groups is 1. The number of hydrogen-bond acceptors (Lipinski definition) is 2. The summed E-state index contributed by atoms with van der Waals surface area (Å²) in [6.07, 6.45) is 7.87. The molecule has 1 heterocycles. The molecule has 5 heteroatoms. The molecule has 126 valence electrons. The van der Waals surface area contributed by atoms with E-state index < -0.39 is 5.82 Å². The van der Waals surface area contributed by atoms with Crippen LogP contribution in [0.3, 0.4) is 0 Å². The number of amides is 1. The number of benzene rings is 1. The monoisotopic (exact) mass is 338 g/mol. The molecule has 1 aromatic rings. The Bertz CT molecular complexity index is 530. The molecule has 0 N–H and O–H groups in total. The van der Waals surface area contributed by atoms with Gasteiger partial charge in [0.25, 0.3) is 5.91 Å². The summed E-state index contributed by atoms with van der Waals surface area (Å²) in [7, 11) is 0. The largest absolute Gasteiger partial charge is 0.336 e. The van der Waals surface area contributed by atoms with Crippen molar-refractivity contribution in [2.24, 2.45) is 0 Å². The minimum atomic E-state index is -0.534. The SMILES string of the molecule is O=C(c1c(F)cccc1Cl)N1CCN(C2CCCCCC2)CC1. The lowest BCUT2D eigenvalue weighted by Crippen LogP contribution is -2.52. The van der Waals surface area contributed by atoms with Crippen molar-refractivity contribution in [2.75, 3.05) is 26.2 Å². The first-order valence-electron chi connectivity index (χ1n) is 8.64. The smallest absolute Gasteiger partial charge is 0.258 e. The van der Waals surface area contributed by atoms with Crippen molar-refractivity contribution < 1.29 is 9.18 Å². The van der Waals surface area contributed by atoms with Crippen molar-refractivity contribution in [3.05, 3.63) is 34.6 Å². The lowest BCUT2D eigenvalue weighted by Gasteiger charge is -2.39. The van der Waals surface area contributed by atoms with E-state index in [1.807, 2.05) is 0 Å². The van der Waals surface area contributed by atoms with Gasteiger partial charge in [-0.3, -0.25) is 9.69 Å². The summed E-state index contributed by atoms with van der Waals surface area (Å²) in [5, 5.41) is 0.196. The van der Waals surface area contributed by atoms with Crippen LogP contribution < -0.4 is 0 Å². The Kier molecular flexibility index (Phi) is 5.54. The maximum absolute atomic E-state index is 13.9. The van der Waals surface area contributed by atoms with Gasteiger partial charge in [-0.2, -0.15) is 0 Å². The fourth-order valence-electron chi connectivity index (χ4n) is 3.77. The van der Waals surface area contributed by atoms with Crippen LogP contribution in [0.5, 0.6) is 0 Å². The van der Waals surface area contributed by atoms with Gasteiger partial charge in [0.05, 0.1) is 10.6 Å². The highest BCUT2D eigenvalue weighted by Crippen LogP contribution is 2.25. The first-order chi connectivity index (χ1) is 11.2. The Morgan fingerprint density at radius 1 is 1.04 bits per heavy atom. The average Bonchev–Trinajstić information content (AvgIpc) is 2.84. The highest BCUT2D eigenvalue weighted by molar-refractivity contribution is 6.33. The van der Waals surface area contributed by atoms with Crippen LogP contribution in [0.4, 0.5) is 4.39 Å². The minimum Gasteiger partial charge on any atom is -0.336 e. The predicted octanol–water partition coefficient (Wildman–Crippen LogP) is 3.96. The zero-order chi connectivity index (χ0) is 16.2. The molecule has 0 radical (unpaired) electrons. The Hall–Kier alpha value is -1.13. The zero-order valence-electron chi connectivity index (χ0n) is 13.4. The Morgan fingerprint density at radius 3 is 2.30 bits per heavy atom. The fraction of sp³-hybridized carbons (Fsp3) is 0.611. The molecular formula is C18H24ClFN2O. The first kappa shape index (κ1) is 16.7. The van der Waals surface area contributed by atoms with Crippen LogP contribution in [0.1, 0.15) is 48.9 Å².